The molecular weight excluding hydrogens is 258 g/mol. The molecule has 0 saturated heterocycles. The van der Waals surface area contributed by atoms with Crippen LogP contribution in [0.25, 0.3) is 0 Å². The van der Waals surface area contributed by atoms with Gasteiger partial charge < -0.3 is 5.11 Å². The Morgan fingerprint density at radius 2 is 2.24 bits per heavy atom. The molecule has 0 radical (unpaired) electrons. The van der Waals surface area contributed by atoms with E-state index in [2.05, 4.69) is 11.8 Å². The minimum Gasteiger partial charge on any atom is -0.384 e. The lowest BCUT2D eigenvalue weighted by molar-refractivity contribution is 0.350. The number of sulfonamides is 1. The number of aliphatic hydroxyl groups is 1. The molecule has 0 unspecified atom stereocenters. The maximum atomic E-state index is 11.6. The topological polar surface area (TPSA) is 57.6 Å². The fraction of sp³-hybridized carbons (Fsp3) is 0.455. The predicted octanol–water partition coefficient (Wildman–Crippen LogP) is 0.873. The van der Waals surface area contributed by atoms with Crippen LogP contribution in [0.5, 0.6) is 0 Å². The van der Waals surface area contributed by atoms with Crippen LogP contribution < -0.4 is 0 Å². The van der Waals surface area contributed by atoms with Crippen LogP contribution in [0.2, 0.25) is 0 Å². The number of hydrogen-bond donors (Lipinski definition) is 1. The van der Waals surface area contributed by atoms with Crippen LogP contribution in [0.4, 0.5) is 0 Å². The van der Waals surface area contributed by atoms with Crippen LogP contribution in [0.15, 0.2) is 11.4 Å². The van der Waals surface area contributed by atoms with Crippen molar-refractivity contribution in [1.82, 2.24) is 4.31 Å². The Balaban J connectivity index is 2.73. The molecule has 0 saturated carbocycles. The Kier molecular flexibility index (Phi) is 5.15. The third-order valence-electron chi connectivity index (χ3n) is 2.18. The molecule has 1 rings (SSSR count). The maximum absolute atomic E-state index is 11.6. The average Bonchev–Trinajstić information content (AvgIpc) is 2.74. The molecular formula is C11H15NO3S2. The molecule has 0 fully saturated rings. The highest BCUT2D eigenvalue weighted by Gasteiger charge is 2.15. The lowest BCUT2D eigenvalue weighted by Crippen LogP contribution is -2.27. The molecule has 0 aliphatic carbocycles. The lowest BCUT2D eigenvalue weighted by atomic mass is 10.3. The number of aliphatic hydroxyl groups excluding tert-OH is 1. The van der Waals surface area contributed by atoms with Crippen LogP contribution in [-0.4, -0.2) is 37.2 Å². The first-order chi connectivity index (χ1) is 7.99. The van der Waals surface area contributed by atoms with Gasteiger partial charge in [0.1, 0.15) is 6.61 Å². The summed E-state index contributed by atoms with van der Waals surface area (Å²) in [6.07, 6.45) is 0. The molecule has 17 heavy (non-hydrogen) atoms. The van der Waals surface area contributed by atoms with Crippen molar-refractivity contribution < 1.29 is 13.5 Å². The van der Waals surface area contributed by atoms with Crippen LogP contribution in [-0.2, 0) is 16.6 Å². The average molecular weight is 273 g/mol. The van der Waals surface area contributed by atoms with Crippen molar-refractivity contribution >= 4 is 21.4 Å². The molecule has 1 heterocycles. The van der Waals surface area contributed by atoms with Gasteiger partial charge in [0.05, 0.1) is 5.75 Å². The van der Waals surface area contributed by atoms with Gasteiger partial charge in [0, 0.05) is 29.4 Å². The largest absolute Gasteiger partial charge is 0.384 e. The number of hydrogen-bond acceptors (Lipinski definition) is 4. The number of thiophene rings is 1. The summed E-state index contributed by atoms with van der Waals surface area (Å²) in [6, 6.07) is 1.84. The summed E-state index contributed by atoms with van der Waals surface area (Å²) in [5.74, 6) is 5.44. The van der Waals surface area contributed by atoms with E-state index in [1.807, 2.05) is 11.4 Å². The molecule has 1 aromatic heterocycles. The van der Waals surface area contributed by atoms with Crippen LogP contribution in [0, 0.1) is 11.8 Å². The first-order valence-electron chi connectivity index (χ1n) is 5.10. The number of nitrogens with zero attached hydrogens (tertiary/aromatic N) is 1. The Bertz CT molecular complexity index is 522. The zero-order chi connectivity index (χ0) is 12.9. The molecule has 1 aromatic rings. The minimum absolute atomic E-state index is 0.103. The molecule has 0 bridgehead atoms. The SMILES string of the molecule is CCS(=O)(=O)N(C)Cc1cc(C#CCO)cs1. The van der Waals surface area contributed by atoms with E-state index in [4.69, 9.17) is 5.11 Å². The van der Waals surface area contributed by atoms with E-state index in [1.165, 1.54) is 15.6 Å². The second-order valence-corrected chi connectivity index (χ2v) is 6.78. The molecule has 4 nitrogen and oxygen atoms in total. The normalized spacial score (nSPS) is 11.3. The van der Waals surface area contributed by atoms with Crippen molar-refractivity contribution in [2.45, 2.75) is 13.5 Å². The summed E-state index contributed by atoms with van der Waals surface area (Å²) >= 11 is 1.46. The zero-order valence-corrected chi connectivity index (χ0v) is 11.4. The van der Waals surface area contributed by atoms with E-state index in [1.54, 1.807) is 14.0 Å². The fourth-order valence-corrected chi connectivity index (χ4v) is 2.94. The summed E-state index contributed by atoms with van der Waals surface area (Å²) < 4.78 is 24.4. The molecule has 0 atom stereocenters. The van der Waals surface area contributed by atoms with E-state index in [9.17, 15) is 8.42 Å². The molecule has 0 aliphatic heterocycles. The van der Waals surface area contributed by atoms with E-state index in [0.29, 0.717) is 6.54 Å². The van der Waals surface area contributed by atoms with Crippen molar-refractivity contribution in [2.75, 3.05) is 19.4 Å². The smallest absolute Gasteiger partial charge is 0.213 e. The van der Waals surface area contributed by atoms with Crippen molar-refractivity contribution in [2.24, 2.45) is 0 Å². The highest BCUT2D eigenvalue weighted by Crippen LogP contribution is 2.17. The van der Waals surface area contributed by atoms with Crippen molar-refractivity contribution in [1.29, 1.82) is 0 Å². The maximum Gasteiger partial charge on any atom is 0.213 e. The van der Waals surface area contributed by atoms with E-state index in [-0.39, 0.29) is 12.4 Å². The van der Waals surface area contributed by atoms with Gasteiger partial charge in [-0.05, 0) is 13.0 Å². The van der Waals surface area contributed by atoms with Gasteiger partial charge in [-0.25, -0.2) is 8.42 Å². The molecule has 94 valence electrons. The van der Waals surface area contributed by atoms with Crippen molar-refractivity contribution in [3.63, 3.8) is 0 Å². The first kappa shape index (κ1) is 14.2. The molecule has 1 N–H and O–H groups in total. The quantitative estimate of drug-likeness (QED) is 0.828. The van der Waals surface area contributed by atoms with Gasteiger partial charge in [0.15, 0.2) is 0 Å². The second-order valence-electron chi connectivity index (χ2n) is 3.42. The van der Waals surface area contributed by atoms with E-state index < -0.39 is 10.0 Å². The van der Waals surface area contributed by atoms with Gasteiger partial charge in [-0.2, -0.15) is 4.31 Å². The lowest BCUT2D eigenvalue weighted by Gasteiger charge is -2.14. The molecule has 6 heteroatoms. The minimum atomic E-state index is -3.14. The highest BCUT2D eigenvalue weighted by molar-refractivity contribution is 7.89. The summed E-state index contributed by atoms with van der Waals surface area (Å²) in [5, 5.41) is 10.4. The molecule has 0 aromatic carbocycles. The summed E-state index contributed by atoms with van der Waals surface area (Å²) in [6.45, 7) is 1.81. The van der Waals surface area contributed by atoms with Crippen molar-refractivity contribution in [3.8, 4) is 11.8 Å². The predicted molar refractivity (Wildman–Crippen MR) is 69.2 cm³/mol. The van der Waals surface area contributed by atoms with Gasteiger partial charge in [-0.3, -0.25) is 0 Å². The summed E-state index contributed by atoms with van der Waals surface area (Å²) in [4.78, 5) is 0.937. The van der Waals surface area contributed by atoms with Crippen molar-refractivity contribution in [3.05, 3.63) is 21.9 Å². The van der Waals surface area contributed by atoms with Gasteiger partial charge in [0.25, 0.3) is 0 Å². The molecule has 0 aliphatic rings. The van der Waals surface area contributed by atoms with E-state index in [0.717, 1.165) is 10.4 Å². The highest BCUT2D eigenvalue weighted by atomic mass is 32.2. The monoisotopic (exact) mass is 273 g/mol. The van der Waals surface area contributed by atoms with Crippen LogP contribution in [0.3, 0.4) is 0 Å². The Morgan fingerprint density at radius 3 is 2.82 bits per heavy atom. The van der Waals surface area contributed by atoms with Gasteiger partial charge >= 0.3 is 0 Å². The second kappa shape index (κ2) is 6.17. The Hall–Kier alpha value is -0.870. The van der Waals surface area contributed by atoms with Crippen LogP contribution >= 0.6 is 11.3 Å². The van der Waals surface area contributed by atoms with Crippen LogP contribution in [0.1, 0.15) is 17.4 Å². The van der Waals surface area contributed by atoms with Gasteiger partial charge in [0.2, 0.25) is 10.0 Å². The van der Waals surface area contributed by atoms with Gasteiger partial charge in [-0.15, -0.1) is 11.3 Å². The third kappa shape index (κ3) is 4.13. The Labute approximate surface area is 106 Å². The standard InChI is InChI=1S/C11H15NO3S2/c1-3-17(14,15)12(2)8-11-7-10(9-16-11)5-4-6-13/h7,9,13H,3,6,8H2,1-2H3. The first-order valence-corrected chi connectivity index (χ1v) is 7.59. The molecule has 0 spiro atoms. The van der Waals surface area contributed by atoms with Gasteiger partial charge in [-0.1, -0.05) is 11.8 Å². The third-order valence-corrected chi connectivity index (χ3v) is 4.91. The summed E-state index contributed by atoms with van der Waals surface area (Å²) in [5.41, 5.74) is 0.807. The fourth-order valence-electron chi connectivity index (χ4n) is 1.21. The van der Waals surface area contributed by atoms with E-state index >= 15 is 0 Å². The number of rotatable bonds is 4. The summed E-state index contributed by atoms with van der Waals surface area (Å²) in [7, 11) is -1.57. The zero-order valence-electron chi connectivity index (χ0n) is 9.80. The molecule has 0 amide bonds. The Morgan fingerprint density at radius 1 is 1.53 bits per heavy atom.